The Hall–Kier alpha value is -1.71. The molecule has 1 heterocycles. The van der Waals surface area contributed by atoms with Crippen LogP contribution in [0, 0.1) is 5.92 Å². The van der Waals surface area contributed by atoms with E-state index in [-0.39, 0.29) is 11.9 Å². The van der Waals surface area contributed by atoms with Crippen LogP contribution >= 0.6 is 0 Å². The first-order chi connectivity index (χ1) is 8.97. The zero-order valence-electron chi connectivity index (χ0n) is 11.9. The van der Waals surface area contributed by atoms with E-state index in [4.69, 9.17) is 5.73 Å². The number of amides is 1. The van der Waals surface area contributed by atoms with E-state index >= 15 is 0 Å². The van der Waals surface area contributed by atoms with Gasteiger partial charge < -0.3 is 16.0 Å². The first-order valence-corrected chi connectivity index (χ1v) is 6.90. The van der Waals surface area contributed by atoms with Crippen molar-refractivity contribution in [2.24, 2.45) is 5.92 Å². The Labute approximate surface area is 115 Å². The molecule has 4 heteroatoms. The summed E-state index contributed by atoms with van der Waals surface area (Å²) < 4.78 is 0. The summed E-state index contributed by atoms with van der Waals surface area (Å²) in [6.07, 6.45) is 0.989. The van der Waals surface area contributed by atoms with Crippen molar-refractivity contribution in [1.82, 2.24) is 5.32 Å². The minimum Gasteiger partial charge on any atom is -0.399 e. The molecule has 1 atom stereocenters. The average molecular weight is 261 g/mol. The first-order valence-electron chi connectivity index (χ1n) is 6.90. The van der Waals surface area contributed by atoms with Gasteiger partial charge in [-0.05, 0) is 37.0 Å². The molecule has 0 radical (unpaired) electrons. The normalized spacial score (nSPS) is 15.5. The van der Waals surface area contributed by atoms with E-state index in [1.165, 1.54) is 5.56 Å². The van der Waals surface area contributed by atoms with Gasteiger partial charge in [-0.25, -0.2) is 0 Å². The Bertz CT molecular complexity index is 470. The van der Waals surface area contributed by atoms with Gasteiger partial charge in [-0.1, -0.05) is 19.9 Å². The lowest BCUT2D eigenvalue weighted by Crippen LogP contribution is -2.42. The second-order valence-electron chi connectivity index (χ2n) is 5.66. The van der Waals surface area contributed by atoms with E-state index in [2.05, 4.69) is 30.1 Å². The number of anilines is 2. The van der Waals surface area contributed by atoms with Gasteiger partial charge in [0.25, 0.3) is 0 Å². The van der Waals surface area contributed by atoms with Crippen LogP contribution in [0.4, 0.5) is 11.4 Å². The lowest BCUT2D eigenvalue weighted by molar-refractivity contribution is -0.120. The van der Waals surface area contributed by atoms with Crippen LogP contribution < -0.4 is 16.0 Å². The number of carbonyl (C=O) groups is 1. The predicted octanol–water partition coefficient (Wildman–Crippen LogP) is 1.79. The highest BCUT2D eigenvalue weighted by atomic mass is 16.2. The summed E-state index contributed by atoms with van der Waals surface area (Å²) in [6, 6.07) is 6.14. The van der Waals surface area contributed by atoms with Gasteiger partial charge in [0, 0.05) is 24.0 Å². The molecule has 1 amide bonds. The third-order valence-corrected chi connectivity index (χ3v) is 3.82. The van der Waals surface area contributed by atoms with Crippen molar-refractivity contribution in [3.8, 4) is 0 Å². The maximum atomic E-state index is 12.0. The van der Waals surface area contributed by atoms with Crippen LogP contribution in [0.2, 0.25) is 0 Å². The number of fused-ring (bicyclic) bond motifs is 1. The molecule has 0 saturated carbocycles. The van der Waals surface area contributed by atoms with Crippen LogP contribution in [0.5, 0.6) is 0 Å². The average Bonchev–Trinajstić information content (AvgIpc) is 2.71. The molecule has 1 aliphatic rings. The van der Waals surface area contributed by atoms with Gasteiger partial charge in [0.2, 0.25) is 5.91 Å². The van der Waals surface area contributed by atoms with Crippen LogP contribution in [-0.4, -0.2) is 25.0 Å². The molecule has 0 saturated heterocycles. The Morgan fingerprint density at radius 2 is 2.16 bits per heavy atom. The van der Waals surface area contributed by atoms with Gasteiger partial charge in [-0.3, -0.25) is 4.79 Å². The first kappa shape index (κ1) is 13.7. The van der Waals surface area contributed by atoms with E-state index in [1.54, 1.807) is 0 Å². The maximum absolute atomic E-state index is 12.0. The van der Waals surface area contributed by atoms with Gasteiger partial charge in [0.1, 0.15) is 0 Å². The number of nitrogens with one attached hydrogen (secondary N) is 1. The molecule has 0 fully saturated rings. The molecule has 19 heavy (non-hydrogen) atoms. The number of hydrogen-bond donors (Lipinski definition) is 2. The highest BCUT2D eigenvalue weighted by Crippen LogP contribution is 2.29. The van der Waals surface area contributed by atoms with E-state index in [0.29, 0.717) is 12.5 Å². The van der Waals surface area contributed by atoms with Crippen molar-refractivity contribution < 1.29 is 4.79 Å². The Morgan fingerprint density at radius 1 is 1.42 bits per heavy atom. The smallest absolute Gasteiger partial charge is 0.239 e. The third kappa shape index (κ3) is 3.19. The molecule has 0 bridgehead atoms. The van der Waals surface area contributed by atoms with Gasteiger partial charge >= 0.3 is 0 Å². The molecule has 2 rings (SSSR count). The fourth-order valence-corrected chi connectivity index (χ4v) is 2.27. The number of nitrogen functional groups attached to an aromatic ring is 1. The summed E-state index contributed by atoms with van der Waals surface area (Å²) >= 11 is 0. The highest BCUT2D eigenvalue weighted by Gasteiger charge is 2.22. The van der Waals surface area contributed by atoms with Crippen LogP contribution in [0.15, 0.2) is 18.2 Å². The number of nitrogens with two attached hydrogens (primary N) is 1. The number of benzene rings is 1. The van der Waals surface area contributed by atoms with Gasteiger partial charge in [-0.15, -0.1) is 0 Å². The van der Waals surface area contributed by atoms with Gasteiger partial charge in [0.05, 0.1) is 6.54 Å². The maximum Gasteiger partial charge on any atom is 0.239 e. The number of rotatable bonds is 4. The molecule has 3 N–H and O–H groups in total. The fourth-order valence-electron chi connectivity index (χ4n) is 2.27. The highest BCUT2D eigenvalue weighted by molar-refractivity contribution is 5.83. The number of hydrogen-bond acceptors (Lipinski definition) is 3. The zero-order chi connectivity index (χ0) is 14.0. The van der Waals surface area contributed by atoms with Crippen molar-refractivity contribution in [3.05, 3.63) is 23.8 Å². The number of carbonyl (C=O) groups excluding carboxylic acids is 1. The summed E-state index contributed by atoms with van der Waals surface area (Å²) in [4.78, 5) is 14.1. The summed E-state index contributed by atoms with van der Waals surface area (Å²) in [7, 11) is 0. The van der Waals surface area contributed by atoms with Gasteiger partial charge in [-0.2, -0.15) is 0 Å². The quantitative estimate of drug-likeness (QED) is 0.812. The summed E-state index contributed by atoms with van der Waals surface area (Å²) in [5, 5.41) is 3.04. The minimum absolute atomic E-state index is 0.0801. The molecule has 1 aromatic carbocycles. The van der Waals surface area contributed by atoms with E-state index in [0.717, 1.165) is 24.3 Å². The van der Waals surface area contributed by atoms with Crippen LogP contribution in [0.1, 0.15) is 26.3 Å². The Balaban J connectivity index is 1.99. The lowest BCUT2D eigenvalue weighted by atomic mass is 10.1. The number of nitrogens with zero attached hydrogens (tertiary/aromatic N) is 1. The molecular weight excluding hydrogens is 238 g/mol. The minimum atomic E-state index is 0.0801. The van der Waals surface area contributed by atoms with E-state index in [1.807, 2.05) is 19.1 Å². The molecule has 1 unspecified atom stereocenters. The second kappa shape index (κ2) is 5.51. The van der Waals surface area contributed by atoms with Gasteiger partial charge in [0.15, 0.2) is 0 Å². The Morgan fingerprint density at radius 3 is 2.84 bits per heavy atom. The topological polar surface area (TPSA) is 58.4 Å². The molecule has 0 spiro atoms. The summed E-state index contributed by atoms with van der Waals surface area (Å²) in [5.41, 5.74) is 8.95. The molecule has 104 valence electrons. The van der Waals surface area contributed by atoms with Crippen LogP contribution in [-0.2, 0) is 11.2 Å². The standard InChI is InChI=1S/C15H23N3O/c1-10(2)11(3)17-15(19)9-18-7-6-12-4-5-13(16)8-14(12)18/h4-5,8,10-11H,6-7,9,16H2,1-3H3,(H,17,19). The third-order valence-electron chi connectivity index (χ3n) is 3.82. The fraction of sp³-hybridized carbons (Fsp3) is 0.533. The monoisotopic (exact) mass is 261 g/mol. The van der Waals surface area contributed by atoms with Crippen molar-refractivity contribution in [1.29, 1.82) is 0 Å². The molecule has 0 aliphatic carbocycles. The van der Waals surface area contributed by atoms with Crippen molar-refractivity contribution in [3.63, 3.8) is 0 Å². The molecular formula is C15H23N3O. The lowest BCUT2D eigenvalue weighted by Gasteiger charge is -2.22. The van der Waals surface area contributed by atoms with Crippen molar-refractivity contribution in [2.75, 3.05) is 23.7 Å². The Kier molecular flexibility index (Phi) is 3.98. The molecule has 1 aromatic rings. The molecule has 4 nitrogen and oxygen atoms in total. The predicted molar refractivity (Wildman–Crippen MR) is 79.2 cm³/mol. The SMILES string of the molecule is CC(C)C(C)NC(=O)CN1CCc2ccc(N)cc21. The summed E-state index contributed by atoms with van der Waals surface area (Å²) in [6.45, 7) is 7.56. The summed E-state index contributed by atoms with van der Waals surface area (Å²) in [5.74, 6) is 0.530. The zero-order valence-corrected chi connectivity index (χ0v) is 11.9. The van der Waals surface area contributed by atoms with Crippen LogP contribution in [0.3, 0.4) is 0 Å². The van der Waals surface area contributed by atoms with Crippen LogP contribution in [0.25, 0.3) is 0 Å². The largest absolute Gasteiger partial charge is 0.399 e. The van der Waals surface area contributed by atoms with Crippen molar-refractivity contribution in [2.45, 2.75) is 33.2 Å². The van der Waals surface area contributed by atoms with E-state index < -0.39 is 0 Å². The molecule has 0 aromatic heterocycles. The second-order valence-corrected chi connectivity index (χ2v) is 5.66. The van der Waals surface area contributed by atoms with E-state index in [9.17, 15) is 4.79 Å². The molecule has 1 aliphatic heterocycles. The van der Waals surface area contributed by atoms with Crippen molar-refractivity contribution >= 4 is 17.3 Å².